The van der Waals surface area contributed by atoms with E-state index < -0.39 is 5.56 Å². The second-order valence-electron chi connectivity index (χ2n) is 4.14. The fourth-order valence-electron chi connectivity index (χ4n) is 1.72. The van der Waals surface area contributed by atoms with Crippen LogP contribution in [0.3, 0.4) is 0 Å². The Hall–Kier alpha value is -1.23. The van der Waals surface area contributed by atoms with Crippen LogP contribution in [0.25, 0.3) is 15.7 Å². The van der Waals surface area contributed by atoms with Crippen molar-refractivity contribution >= 4 is 58.9 Å². The molecule has 1 unspecified atom stereocenters. The molecule has 21 heavy (non-hydrogen) atoms. The number of halogens is 2. The largest absolute Gasteiger partial charge is 0.510 e. The average Bonchev–Trinajstić information content (AvgIpc) is 2.48. The molecule has 0 spiro atoms. The molecule has 0 aliphatic heterocycles. The summed E-state index contributed by atoms with van der Waals surface area (Å²) in [6.07, 6.45) is 0.611. The van der Waals surface area contributed by atoms with Crippen LogP contribution in [0.1, 0.15) is 11.4 Å². The van der Waals surface area contributed by atoms with Crippen molar-refractivity contribution in [1.82, 2.24) is 4.98 Å². The molecular formula is C14H10Br2N2O2S. The second kappa shape index (κ2) is 7.16. The Morgan fingerprint density at radius 1 is 1.48 bits per heavy atom. The van der Waals surface area contributed by atoms with Crippen molar-refractivity contribution in [3.63, 3.8) is 0 Å². The normalized spacial score (nSPS) is 13.6. The number of rotatable bonds is 4. The average molecular weight is 430 g/mol. The second-order valence-corrected chi connectivity index (χ2v) is 7.07. The smallest absolute Gasteiger partial charge is 0.279 e. The van der Waals surface area contributed by atoms with Gasteiger partial charge in [0.2, 0.25) is 0 Å². The molecule has 1 aromatic heterocycles. The molecule has 0 aliphatic rings. The lowest BCUT2D eigenvalue weighted by atomic mass is 10.2. The van der Waals surface area contributed by atoms with E-state index in [1.54, 1.807) is 18.2 Å². The molecule has 1 N–H and O–H groups in total. The van der Waals surface area contributed by atoms with E-state index in [-0.39, 0.29) is 21.2 Å². The van der Waals surface area contributed by atoms with Crippen molar-refractivity contribution < 1.29 is 5.11 Å². The lowest BCUT2D eigenvalue weighted by Gasteiger charge is -2.09. The zero-order valence-corrected chi connectivity index (χ0v) is 14.7. The van der Waals surface area contributed by atoms with Crippen LogP contribution in [0.5, 0.6) is 0 Å². The SMILES string of the molecule is N#C/C(=C(/O)C(Br)CCBr)c1nc(=O)c2ccccc2s1. The summed E-state index contributed by atoms with van der Waals surface area (Å²) in [6, 6.07) is 9.01. The molecule has 0 aliphatic carbocycles. The highest BCUT2D eigenvalue weighted by atomic mass is 79.9. The molecule has 4 nitrogen and oxygen atoms in total. The molecule has 0 saturated carbocycles. The third-order valence-corrected chi connectivity index (χ3v) is 5.18. The number of benzene rings is 1. The van der Waals surface area contributed by atoms with Crippen molar-refractivity contribution in [3.05, 3.63) is 45.4 Å². The molecule has 0 saturated heterocycles. The number of alkyl halides is 2. The minimum atomic E-state index is -0.397. The van der Waals surface area contributed by atoms with Crippen LogP contribution < -0.4 is 5.56 Å². The Morgan fingerprint density at radius 2 is 2.19 bits per heavy atom. The van der Waals surface area contributed by atoms with Crippen LogP contribution in [0.4, 0.5) is 0 Å². The summed E-state index contributed by atoms with van der Waals surface area (Å²) in [5, 5.41) is 20.9. The zero-order chi connectivity index (χ0) is 15.4. The highest BCUT2D eigenvalue weighted by Crippen LogP contribution is 2.27. The van der Waals surface area contributed by atoms with Gasteiger partial charge in [0.15, 0.2) is 0 Å². The Labute approximate surface area is 142 Å². The van der Waals surface area contributed by atoms with Crippen LogP contribution in [0.15, 0.2) is 34.8 Å². The number of allylic oxidation sites excluding steroid dienone is 2. The van der Waals surface area contributed by atoms with Gasteiger partial charge in [-0.2, -0.15) is 10.2 Å². The number of hydrogen-bond acceptors (Lipinski definition) is 5. The third kappa shape index (κ3) is 3.51. The lowest BCUT2D eigenvalue weighted by Crippen LogP contribution is -2.10. The Kier molecular flexibility index (Phi) is 5.51. The summed E-state index contributed by atoms with van der Waals surface area (Å²) in [6.45, 7) is 0. The summed E-state index contributed by atoms with van der Waals surface area (Å²) in [5.74, 6) is -0.101. The Morgan fingerprint density at radius 3 is 2.86 bits per heavy atom. The standard InChI is InChI=1S/C14H10Br2N2O2S/c15-6-5-10(16)12(19)9(7-17)14-18-13(20)8-3-1-2-4-11(8)21-14/h1-4,10,19H,5-6H2/b12-9-. The van der Waals surface area contributed by atoms with Crippen LogP contribution in [0.2, 0.25) is 0 Å². The van der Waals surface area contributed by atoms with E-state index in [4.69, 9.17) is 0 Å². The Bertz CT molecular complexity index is 795. The molecule has 0 fully saturated rings. The molecule has 108 valence electrons. The predicted molar refractivity (Wildman–Crippen MR) is 92.2 cm³/mol. The van der Waals surface area contributed by atoms with E-state index in [2.05, 4.69) is 36.8 Å². The van der Waals surface area contributed by atoms with Crippen molar-refractivity contribution in [3.8, 4) is 6.07 Å². The van der Waals surface area contributed by atoms with Gasteiger partial charge in [0.25, 0.3) is 5.56 Å². The predicted octanol–water partition coefficient (Wildman–Crippen LogP) is 4.00. The van der Waals surface area contributed by atoms with Gasteiger partial charge in [-0.25, -0.2) is 0 Å². The van der Waals surface area contributed by atoms with E-state index >= 15 is 0 Å². The Balaban J connectivity index is 2.61. The van der Waals surface area contributed by atoms with Crippen molar-refractivity contribution in [2.24, 2.45) is 0 Å². The van der Waals surface area contributed by atoms with E-state index in [1.807, 2.05) is 12.1 Å². The molecular weight excluding hydrogens is 420 g/mol. The quantitative estimate of drug-likeness (QED) is 0.452. The maximum atomic E-state index is 12.0. The van der Waals surface area contributed by atoms with Crippen molar-refractivity contribution in [2.45, 2.75) is 11.2 Å². The van der Waals surface area contributed by atoms with Crippen LogP contribution in [0, 0.1) is 11.3 Å². The fraction of sp³-hybridized carbons (Fsp3) is 0.214. The van der Waals surface area contributed by atoms with Gasteiger partial charge in [-0.15, -0.1) is 11.3 Å². The van der Waals surface area contributed by atoms with Gasteiger partial charge in [-0.3, -0.25) is 4.79 Å². The lowest BCUT2D eigenvalue weighted by molar-refractivity contribution is 0.397. The first kappa shape index (κ1) is 16.1. The first-order chi connectivity index (χ1) is 10.1. The molecule has 1 atom stereocenters. The van der Waals surface area contributed by atoms with Gasteiger partial charge in [-0.1, -0.05) is 44.0 Å². The topological polar surface area (TPSA) is 74.0 Å². The van der Waals surface area contributed by atoms with Crippen LogP contribution >= 0.6 is 43.2 Å². The summed E-state index contributed by atoms with van der Waals surface area (Å²) in [4.78, 5) is 15.6. The van der Waals surface area contributed by atoms with Gasteiger partial charge in [0, 0.05) is 10.0 Å². The number of hydrogen-bond donors (Lipinski definition) is 1. The van der Waals surface area contributed by atoms with Gasteiger partial charge in [-0.05, 0) is 18.6 Å². The van der Waals surface area contributed by atoms with Gasteiger partial charge in [0.05, 0.1) is 10.2 Å². The summed E-state index contributed by atoms with van der Waals surface area (Å²) in [5.41, 5.74) is -0.364. The maximum absolute atomic E-state index is 12.0. The number of aromatic nitrogens is 1. The molecule has 0 amide bonds. The van der Waals surface area contributed by atoms with Crippen molar-refractivity contribution in [2.75, 3.05) is 5.33 Å². The number of fused-ring (bicyclic) bond motifs is 1. The monoisotopic (exact) mass is 428 g/mol. The maximum Gasteiger partial charge on any atom is 0.279 e. The molecule has 1 aromatic carbocycles. The molecule has 1 heterocycles. The van der Waals surface area contributed by atoms with Crippen LogP contribution in [-0.2, 0) is 0 Å². The third-order valence-electron chi connectivity index (χ3n) is 2.77. The molecule has 0 bridgehead atoms. The zero-order valence-electron chi connectivity index (χ0n) is 10.7. The van der Waals surface area contributed by atoms with E-state index in [0.717, 1.165) is 4.70 Å². The molecule has 0 radical (unpaired) electrons. The first-order valence-corrected chi connectivity index (χ1v) is 8.87. The molecule has 2 aromatic rings. The number of nitrogens with zero attached hydrogens (tertiary/aromatic N) is 2. The number of aliphatic hydroxyl groups excluding tert-OH is 1. The molecule has 7 heteroatoms. The van der Waals surface area contributed by atoms with Gasteiger partial charge >= 0.3 is 0 Å². The summed E-state index contributed by atoms with van der Waals surface area (Å²) >= 11 is 7.81. The highest BCUT2D eigenvalue weighted by Gasteiger charge is 2.18. The van der Waals surface area contributed by atoms with Crippen LogP contribution in [-0.4, -0.2) is 20.2 Å². The minimum absolute atomic E-state index is 0.0330. The number of nitriles is 1. The summed E-state index contributed by atoms with van der Waals surface area (Å²) in [7, 11) is 0. The van der Waals surface area contributed by atoms with Gasteiger partial charge in [0.1, 0.15) is 22.4 Å². The fourth-order valence-corrected chi connectivity index (χ4v) is 4.25. The first-order valence-electron chi connectivity index (χ1n) is 6.02. The summed E-state index contributed by atoms with van der Waals surface area (Å²) < 4.78 is 0.736. The van der Waals surface area contributed by atoms with Gasteiger partial charge < -0.3 is 5.11 Å². The van der Waals surface area contributed by atoms with E-state index in [0.29, 0.717) is 17.1 Å². The highest BCUT2D eigenvalue weighted by molar-refractivity contribution is 9.10. The van der Waals surface area contributed by atoms with E-state index in [1.165, 1.54) is 11.3 Å². The van der Waals surface area contributed by atoms with E-state index in [9.17, 15) is 15.2 Å². The molecule has 2 rings (SSSR count). The number of aliphatic hydroxyl groups is 1. The van der Waals surface area contributed by atoms with Crippen molar-refractivity contribution in [1.29, 1.82) is 5.26 Å². The minimum Gasteiger partial charge on any atom is -0.510 e.